The van der Waals surface area contributed by atoms with Crippen molar-refractivity contribution < 1.29 is 4.74 Å². The Morgan fingerprint density at radius 1 is 1.06 bits per heavy atom. The fraction of sp³-hybridized carbons (Fsp3) is 0.0833. The van der Waals surface area contributed by atoms with Crippen molar-refractivity contribution in [3.63, 3.8) is 0 Å². The van der Waals surface area contributed by atoms with Gasteiger partial charge in [-0.25, -0.2) is 4.98 Å². The van der Waals surface area contributed by atoms with Crippen LogP contribution in [0.1, 0.15) is 5.56 Å². The van der Waals surface area contributed by atoms with Crippen LogP contribution in [0.4, 0.5) is 0 Å². The van der Waals surface area contributed by atoms with Crippen molar-refractivity contribution in [2.24, 2.45) is 5.73 Å². The summed E-state index contributed by atoms with van der Waals surface area (Å²) >= 11 is 0. The third-order valence-corrected chi connectivity index (χ3v) is 1.99. The summed E-state index contributed by atoms with van der Waals surface area (Å²) in [5.74, 6) is 1.35. The average molecular weight is 273 g/mol. The normalized spacial score (nSPS) is 8.76. The largest absolute Gasteiger partial charge is 0.439 e. The summed E-state index contributed by atoms with van der Waals surface area (Å²) < 4.78 is 5.55. The SMILES string of the molecule is Cl.Cl.NCc1cccc(Oc2ccccn2)c1. The first-order valence-corrected chi connectivity index (χ1v) is 4.76. The van der Waals surface area contributed by atoms with E-state index in [1.165, 1.54) is 0 Å². The molecule has 2 rings (SSSR count). The van der Waals surface area contributed by atoms with Gasteiger partial charge in [0.2, 0.25) is 5.88 Å². The van der Waals surface area contributed by atoms with E-state index in [0.29, 0.717) is 12.4 Å². The van der Waals surface area contributed by atoms with Gasteiger partial charge in [-0.1, -0.05) is 18.2 Å². The highest BCUT2D eigenvalue weighted by Crippen LogP contribution is 2.19. The second-order valence-corrected chi connectivity index (χ2v) is 3.12. The van der Waals surface area contributed by atoms with Crippen LogP contribution in [-0.2, 0) is 6.54 Å². The fourth-order valence-corrected chi connectivity index (χ4v) is 1.26. The van der Waals surface area contributed by atoms with E-state index in [1.54, 1.807) is 6.20 Å². The molecule has 2 N–H and O–H groups in total. The molecule has 0 bridgehead atoms. The van der Waals surface area contributed by atoms with Crippen molar-refractivity contribution in [3.05, 3.63) is 54.2 Å². The van der Waals surface area contributed by atoms with Gasteiger partial charge in [0.15, 0.2) is 0 Å². The molecule has 0 fully saturated rings. The quantitative estimate of drug-likeness (QED) is 0.934. The van der Waals surface area contributed by atoms with Gasteiger partial charge < -0.3 is 10.5 Å². The van der Waals surface area contributed by atoms with E-state index in [9.17, 15) is 0 Å². The number of ether oxygens (including phenoxy) is 1. The molecule has 0 radical (unpaired) electrons. The summed E-state index contributed by atoms with van der Waals surface area (Å²) in [5.41, 5.74) is 6.59. The molecular weight excluding hydrogens is 259 g/mol. The summed E-state index contributed by atoms with van der Waals surface area (Å²) in [6.07, 6.45) is 1.70. The molecule has 17 heavy (non-hydrogen) atoms. The highest BCUT2D eigenvalue weighted by atomic mass is 35.5. The van der Waals surface area contributed by atoms with E-state index < -0.39 is 0 Å². The molecule has 0 unspecified atom stereocenters. The van der Waals surface area contributed by atoms with Gasteiger partial charge in [0, 0.05) is 18.8 Å². The number of rotatable bonds is 3. The number of hydrogen-bond donors (Lipinski definition) is 1. The van der Waals surface area contributed by atoms with E-state index in [1.807, 2.05) is 42.5 Å². The third kappa shape index (κ3) is 4.61. The molecule has 0 aliphatic heterocycles. The summed E-state index contributed by atoms with van der Waals surface area (Å²) in [7, 11) is 0. The first-order valence-electron chi connectivity index (χ1n) is 4.76. The highest BCUT2D eigenvalue weighted by Gasteiger charge is 1.97. The van der Waals surface area contributed by atoms with E-state index in [2.05, 4.69) is 4.98 Å². The monoisotopic (exact) mass is 272 g/mol. The van der Waals surface area contributed by atoms with Crippen molar-refractivity contribution in [2.75, 3.05) is 0 Å². The van der Waals surface area contributed by atoms with Crippen LogP contribution in [0.25, 0.3) is 0 Å². The van der Waals surface area contributed by atoms with Gasteiger partial charge in [-0.2, -0.15) is 0 Å². The van der Waals surface area contributed by atoms with E-state index in [0.717, 1.165) is 11.3 Å². The van der Waals surface area contributed by atoms with Gasteiger partial charge in [0.1, 0.15) is 5.75 Å². The Morgan fingerprint density at radius 2 is 1.88 bits per heavy atom. The average Bonchev–Trinajstić information content (AvgIpc) is 2.31. The Kier molecular flexibility index (Phi) is 7.30. The van der Waals surface area contributed by atoms with E-state index >= 15 is 0 Å². The Labute approximate surface area is 113 Å². The Balaban J connectivity index is 0.00000128. The number of nitrogens with two attached hydrogens (primary N) is 1. The molecule has 0 amide bonds. The van der Waals surface area contributed by atoms with Gasteiger partial charge in [-0.05, 0) is 23.8 Å². The number of pyridine rings is 1. The summed E-state index contributed by atoms with van der Waals surface area (Å²) in [6, 6.07) is 13.2. The molecular formula is C12H14Cl2N2O. The number of aromatic nitrogens is 1. The van der Waals surface area contributed by atoms with Gasteiger partial charge in [0.05, 0.1) is 0 Å². The predicted octanol–water partition coefficient (Wildman–Crippen LogP) is 3.18. The summed E-state index contributed by atoms with van der Waals surface area (Å²) in [5, 5.41) is 0. The maximum Gasteiger partial charge on any atom is 0.219 e. The van der Waals surface area contributed by atoms with Crippen molar-refractivity contribution in [3.8, 4) is 11.6 Å². The molecule has 0 aliphatic rings. The van der Waals surface area contributed by atoms with Crippen LogP contribution in [0.15, 0.2) is 48.7 Å². The highest BCUT2D eigenvalue weighted by molar-refractivity contribution is 5.85. The Hall–Kier alpha value is -1.29. The van der Waals surface area contributed by atoms with Crippen LogP contribution in [-0.4, -0.2) is 4.98 Å². The van der Waals surface area contributed by atoms with E-state index in [-0.39, 0.29) is 24.8 Å². The lowest BCUT2D eigenvalue weighted by molar-refractivity contribution is 0.462. The molecule has 0 saturated carbocycles. The van der Waals surface area contributed by atoms with Crippen molar-refractivity contribution in [2.45, 2.75) is 6.54 Å². The lowest BCUT2D eigenvalue weighted by atomic mass is 10.2. The van der Waals surface area contributed by atoms with Crippen LogP contribution in [0.5, 0.6) is 11.6 Å². The number of halogens is 2. The zero-order chi connectivity index (χ0) is 10.5. The molecule has 0 atom stereocenters. The molecule has 5 heteroatoms. The molecule has 0 saturated heterocycles. The smallest absolute Gasteiger partial charge is 0.219 e. The van der Waals surface area contributed by atoms with E-state index in [4.69, 9.17) is 10.5 Å². The minimum Gasteiger partial charge on any atom is -0.439 e. The van der Waals surface area contributed by atoms with Crippen LogP contribution in [0, 0.1) is 0 Å². The number of nitrogens with zero attached hydrogens (tertiary/aromatic N) is 1. The zero-order valence-corrected chi connectivity index (χ0v) is 10.7. The topological polar surface area (TPSA) is 48.1 Å². The molecule has 2 aromatic rings. The molecule has 92 valence electrons. The second kappa shape index (κ2) is 7.90. The summed E-state index contributed by atoms with van der Waals surface area (Å²) in [6.45, 7) is 0.513. The number of hydrogen-bond acceptors (Lipinski definition) is 3. The Bertz CT molecular complexity index is 438. The van der Waals surface area contributed by atoms with Crippen LogP contribution in [0.3, 0.4) is 0 Å². The van der Waals surface area contributed by atoms with Crippen LogP contribution < -0.4 is 10.5 Å². The summed E-state index contributed by atoms with van der Waals surface area (Å²) in [4.78, 5) is 4.08. The maximum absolute atomic E-state index is 5.55. The lowest BCUT2D eigenvalue weighted by Gasteiger charge is -2.05. The standard InChI is InChI=1S/C12H12N2O.2ClH/c13-9-10-4-3-5-11(8-10)15-12-6-1-2-7-14-12;;/h1-8H,9,13H2;2*1H. The fourth-order valence-electron chi connectivity index (χ4n) is 1.26. The Morgan fingerprint density at radius 3 is 2.53 bits per heavy atom. The first kappa shape index (κ1) is 15.7. The number of benzene rings is 1. The minimum absolute atomic E-state index is 0. The molecule has 1 aromatic carbocycles. The van der Waals surface area contributed by atoms with Crippen molar-refractivity contribution in [1.82, 2.24) is 4.98 Å². The molecule has 3 nitrogen and oxygen atoms in total. The van der Waals surface area contributed by atoms with Gasteiger partial charge in [-0.3, -0.25) is 0 Å². The third-order valence-electron chi connectivity index (χ3n) is 1.99. The van der Waals surface area contributed by atoms with Gasteiger partial charge >= 0.3 is 0 Å². The predicted molar refractivity (Wildman–Crippen MR) is 73.1 cm³/mol. The van der Waals surface area contributed by atoms with Crippen molar-refractivity contribution >= 4 is 24.8 Å². The zero-order valence-electron chi connectivity index (χ0n) is 9.08. The first-order chi connectivity index (χ1) is 7.38. The van der Waals surface area contributed by atoms with Crippen molar-refractivity contribution in [1.29, 1.82) is 0 Å². The molecule has 1 aromatic heterocycles. The van der Waals surface area contributed by atoms with Gasteiger partial charge in [0.25, 0.3) is 0 Å². The van der Waals surface area contributed by atoms with Crippen LogP contribution >= 0.6 is 24.8 Å². The van der Waals surface area contributed by atoms with Gasteiger partial charge in [-0.15, -0.1) is 24.8 Å². The molecule has 1 heterocycles. The molecule has 0 aliphatic carbocycles. The maximum atomic E-state index is 5.55. The van der Waals surface area contributed by atoms with Crippen LogP contribution in [0.2, 0.25) is 0 Å². The lowest BCUT2D eigenvalue weighted by Crippen LogP contribution is -1.96. The molecule has 0 spiro atoms. The second-order valence-electron chi connectivity index (χ2n) is 3.12. The minimum atomic E-state index is 0.